The number of rotatable bonds is 4. The normalized spacial score (nSPS) is 27.4. The second-order valence-electron chi connectivity index (χ2n) is 16.2. The van der Waals surface area contributed by atoms with Crippen LogP contribution in [0.4, 0.5) is 23.8 Å². The molecule has 280 valence electrons. The molecule has 1 unspecified atom stereocenters. The van der Waals surface area contributed by atoms with Crippen molar-refractivity contribution in [2.45, 2.75) is 94.9 Å². The lowest BCUT2D eigenvalue weighted by atomic mass is 9.90. The van der Waals surface area contributed by atoms with E-state index in [-0.39, 0.29) is 71.3 Å². The third-order valence-electron chi connectivity index (χ3n) is 11.8. The van der Waals surface area contributed by atoms with Gasteiger partial charge in [-0.1, -0.05) is 42.3 Å². The van der Waals surface area contributed by atoms with Crippen LogP contribution < -0.4 is 14.4 Å². The monoisotopic (exact) mass is 738 g/mol. The van der Waals surface area contributed by atoms with Crippen LogP contribution in [0.25, 0.3) is 32.9 Å². The van der Waals surface area contributed by atoms with Gasteiger partial charge in [-0.2, -0.15) is 9.97 Å². The van der Waals surface area contributed by atoms with Crippen LogP contribution in [0.5, 0.6) is 11.9 Å². The molecular formula is C41H41F3N6O4. The zero-order chi connectivity index (χ0) is 37.8. The van der Waals surface area contributed by atoms with Crippen molar-refractivity contribution in [3.63, 3.8) is 0 Å². The standard InChI is InChI=1S/C41H41F3N6O4/c1-7-26-28(43)13-11-23-9-8-10-27(30(23)26)33-32(44)34-31-36(47-38(46-34)52-20-41-17-24(42)18-48(41)16-15-21(41)2)49-19-25-12-14-29(35(49)22(3)53-37(31)45-33)50(25)39(51)54-40(4,5)6/h1,8-11,13,22,24-25,29,35H,2,12,14-20H2,3-6H3/t22-,24+,25+,29-,35+,41?/m0/s1. The van der Waals surface area contributed by atoms with Crippen molar-refractivity contribution in [2.24, 2.45) is 0 Å². The largest absolute Gasteiger partial charge is 0.472 e. The first-order chi connectivity index (χ1) is 25.8. The Kier molecular flexibility index (Phi) is 7.84. The fraction of sp³-hybridized carbons (Fsp3) is 0.463. The van der Waals surface area contributed by atoms with Gasteiger partial charge in [0.15, 0.2) is 5.82 Å². The van der Waals surface area contributed by atoms with E-state index >= 15 is 8.78 Å². The predicted octanol–water partition coefficient (Wildman–Crippen LogP) is 6.96. The highest BCUT2D eigenvalue weighted by molar-refractivity contribution is 6.03. The maximum Gasteiger partial charge on any atom is 0.410 e. The molecule has 4 fully saturated rings. The Morgan fingerprint density at radius 1 is 1.13 bits per heavy atom. The lowest BCUT2D eigenvalue weighted by Gasteiger charge is -2.48. The topological polar surface area (TPSA) is 93.2 Å². The molecule has 0 aliphatic carbocycles. The van der Waals surface area contributed by atoms with Crippen LogP contribution >= 0.6 is 0 Å². The van der Waals surface area contributed by atoms with Gasteiger partial charge in [0.1, 0.15) is 52.7 Å². The Morgan fingerprint density at radius 2 is 1.94 bits per heavy atom. The van der Waals surface area contributed by atoms with E-state index in [0.717, 1.165) is 18.4 Å². The number of pyridine rings is 1. The van der Waals surface area contributed by atoms with Gasteiger partial charge in [-0.15, -0.1) is 6.42 Å². The number of aromatic nitrogens is 3. The average Bonchev–Trinajstić information content (AvgIpc) is 3.70. The molecule has 0 spiro atoms. The SMILES string of the molecule is C#Cc1c(F)ccc2cccc(-c3nc4c5c(nc(OCC67C[C@@H](F)CN6CCC7=C)nc5c3F)N3C[C@H]5CC[C@@H]([C@H]3[C@H](C)O4)N5C(=O)OC(C)(C)C)c12. The molecule has 54 heavy (non-hydrogen) atoms. The lowest BCUT2D eigenvalue weighted by molar-refractivity contribution is 0.000937. The van der Waals surface area contributed by atoms with Crippen LogP contribution in [0.2, 0.25) is 0 Å². The second kappa shape index (κ2) is 12.2. The van der Waals surface area contributed by atoms with Crippen molar-refractivity contribution in [1.82, 2.24) is 24.8 Å². The fourth-order valence-electron chi connectivity index (χ4n) is 9.54. The first kappa shape index (κ1) is 34.7. The van der Waals surface area contributed by atoms with Gasteiger partial charge in [0.2, 0.25) is 5.88 Å². The van der Waals surface area contributed by atoms with Crippen molar-refractivity contribution in [2.75, 3.05) is 31.1 Å². The number of hydrogen-bond acceptors (Lipinski definition) is 9. The minimum absolute atomic E-state index is 0.0179. The number of piperazine rings is 1. The fourth-order valence-corrected chi connectivity index (χ4v) is 9.54. The smallest absolute Gasteiger partial charge is 0.410 e. The summed E-state index contributed by atoms with van der Waals surface area (Å²) in [7, 11) is 0. The highest BCUT2D eigenvalue weighted by atomic mass is 19.1. The Morgan fingerprint density at radius 3 is 2.72 bits per heavy atom. The maximum atomic E-state index is 17.4. The summed E-state index contributed by atoms with van der Waals surface area (Å²) in [5, 5.41) is 1.19. The van der Waals surface area contributed by atoms with Crippen LogP contribution in [0.1, 0.15) is 58.9 Å². The van der Waals surface area contributed by atoms with E-state index in [0.29, 0.717) is 36.1 Å². The molecule has 2 aromatic heterocycles. The zero-order valence-corrected chi connectivity index (χ0v) is 30.7. The molecule has 0 radical (unpaired) electrons. The van der Waals surface area contributed by atoms with Crippen LogP contribution in [0, 0.1) is 24.0 Å². The summed E-state index contributed by atoms with van der Waals surface area (Å²) in [6.07, 6.45) is 6.19. The summed E-state index contributed by atoms with van der Waals surface area (Å²) in [5.41, 5.74) is -0.519. The highest BCUT2D eigenvalue weighted by Crippen LogP contribution is 2.48. The summed E-state index contributed by atoms with van der Waals surface area (Å²) in [5.74, 6) is 1.48. The molecule has 10 nitrogen and oxygen atoms in total. The summed E-state index contributed by atoms with van der Waals surface area (Å²) < 4.78 is 66.2. The third-order valence-corrected chi connectivity index (χ3v) is 11.8. The van der Waals surface area contributed by atoms with Crippen LogP contribution in [0.3, 0.4) is 0 Å². The van der Waals surface area contributed by atoms with Gasteiger partial charge in [0.05, 0.1) is 29.2 Å². The van der Waals surface area contributed by atoms with Gasteiger partial charge in [-0.3, -0.25) is 9.80 Å². The maximum absolute atomic E-state index is 17.4. The number of benzene rings is 2. The van der Waals surface area contributed by atoms with E-state index in [1.54, 1.807) is 24.3 Å². The molecule has 9 rings (SSSR count). The molecule has 0 N–H and O–H groups in total. The minimum Gasteiger partial charge on any atom is -0.472 e. The van der Waals surface area contributed by atoms with Crippen LogP contribution in [-0.2, 0) is 4.74 Å². The molecule has 7 heterocycles. The van der Waals surface area contributed by atoms with E-state index in [2.05, 4.69) is 27.3 Å². The van der Waals surface area contributed by atoms with E-state index in [1.807, 2.05) is 32.6 Å². The van der Waals surface area contributed by atoms with Crippen molar-refractivity contribution < 1.29 is 32.2 Å². The third kappa shape index (κ3) is 5.20. The summed E-state index contributed by atoms with van der Waals surface area (Å²) in [6, 6.07) is 6.97. The van der Waals surface area contributed by atoms with Gasteiger partial charge < -0.3 is 19.1 Å². The second-order valence-corrected chi connectivity index (χ2v) is 16.2. The molecule has 4 aromatic rings. The lowest BCUT2D eigenvalue weighted by Crippen LogP contribution is -2.65. The molecule has 0 saturated carbocycles. The zero-order valence-electron chi connectivity index (χ0n) is 30.7. The van der Waals surface area contributed by atoms with Crippen molar-refractivity contribution >= 4 is 33.6 Å². The molecule has 13 heteroatoms. The number of ether oxygens (including phenoxy) is 3. The van der Waals surface area contributed by atoms with Crippen LogP contribution in [-0.4, -0.2) is 98.6 Å². The molecule has 4 saturated heterocycles. The van der Waals surface area contributed by atoms with Crippen LogP contribution in [0.15, 0.2) is 42.5 Å². The number of carbonyl (C=O) groups is 1. The van der Waals surface area contributed by atoms with Gasteiger partial charge in [0.25, 0.3) is 0 Å². The summed E-state index contributed by atoms with van der Waals surface area (Å²) in [4.78, 5) is 34.0. The quantitative estimate of drug-likeness (QED) is 0.163. The van der Waals surface area contributed by atoms with Crippen molar-refractivity contribution in [3.8, 4) is 35.5 Å². The minimum atomic E-state index is -1.03. The molecule has 2 aromatic carbocycles. The van der Waals surface area contributed by atoms with E-state index < -0.39 is 47.2 Å². The number of nitrogens with zero attached hydrogens (tertiary/aromatic N) is 6. The van der Waals surface area contributed by atoms with Gasteiger partial charge in [-0.25, -0.2) is 22.9 Å². The Labute approximate surface area is 311 Å². The number of anilines is 1. The van der Waals surface area contributed by atoms with Crippen molar-refractivity contribution in [3.05, 3.63) is 59.7 Å². The van der Waals surface area contributed by atoms with Gasteiger partial charge in [-0.05, 0) is 58.4 Å². The Balaban J connectivity index is 1.22. The Hall–Kier alpha value is -5.09. The van der Waals surface area contributed by atoms with E-state index in [1.165, 1.54) is 6.07 Å². The predicted molar refractivity (Wildman–Crippen MR) is 197 cm³/mol. The number of amides is 1. The molecule has 5 aliphatic heterocycles. The number of fused-ring (bicyclic) bond motifs is 7. The number of halogens is 3. The number of terminal acetylenes is 1. The Bertz CT molecular complexity index is 2310. The van der Waals surface area contributed by atoms with Gasteiger partial charge >= 0.3 is 12.1 Å². The van der Waals surface area contributed by atoms with E-state index in [4.69, 9.17) is 30.6 Å². The highest BCUT2D eigenvalue weighted by Gasteiger charge is 2.55. The molecule has 1 amide bonds. The number of alkyl halides is 1. The first-order valence-corrected chi connectivity index (χ1v) is 18.5. The number of hydrogen-bond donors (Lipinski definition) is 0. The molecule has 6 atom stereocenters. The first-order valence-electron chi connectivity index (χ1n) is 18.5. The van der Waals surface area contributed by atoms with E-state index in [9.17, 15) is 9.18 Å². The van der Waals surface area contributed by atoms with Gasteiger partial charge in [0, 0.05) is 37.0 Å². The molecule has 5 aliphatic rings. The molecular weight excluding hydrogens is 697 g/mol. The molecule has 2 bridgehead atoms. The van der Waals surface area contributed by atoms with Crippen molar-refractivity contribution in [1.29, 1.82) is 0 Å². The average molecular weight is 739 g/mol. The number of carbonyl (C=O) groups excluding carboxylic acids is 1. The summed E-state index contributed by atoms with van der Waals surface area (Å²) >= 11 is 0. The summed E-state index contributed by atoms with van der Waals surface area (Å²) in [6.45, 7) is 13.0.